The Morgan fingerprint density at radius 3 is 2.47 bits per heavy atom. The third-order valence-electron chi connectivity index (χ3n) is 6.81. The Morgan fingerprint density at radius 2 is 1.77 bits per heavy atom. The van der Waals surface area contributed by atoms with E-state index in [0.29, 0.717) is 48.4 Å². The number of esters is 1. The van der Waals surface area contributed by atoms with Gasteiger partial charge in [0, 0.05) is 10.6 Å². The van der Waals surface area contributed by atoms with E-state index >= 15 is 0 Å². The SMILES string of the molecule is CCOC(=O)C1=C(C)N=c2s/c(=C\c3cc(Cl)ccc3OCc3ccc(F)cc3)c(=O)n2C1c1ccc(OC)c(OC)c1. The molecule has 0 spiro atoms. The third kappa shape index (κ3) is 6.21. The van der Waals surface area contributed by atoms with Crippen LogP contribution in [0.15, 0.2) is 81.7 Å². The van der Waals surface area contributed by atoms with Crippen molar-refractivity contribution >= 4 is 35.0 Å². The van der Waals surface area contributed by atoms with Gasteiger partial charge in [-0.25, -0.2) is 14.2 Å². The Morgan fingerprint density at radius 1 is 1.05 bits per heavy atom. The maximum absolute atomic E-state index is 14.1. The molecule has 1 aliphatic rings. The summed E-state index contributed by atoms with van der Waals surface area (Å²) >= 11 is 7.50. The van der Waals surface area contributed by atoms with Crippen molar-refractivity contribution in [1.29, 1.82) is 0 Å². The lowest BCUT2D eigenvalue weighted by atomic mass is 9.95. The normalized spacial score (nSPS) is 14.7. The molecule has 0 radical (unpaired) electrons. The number of allylic oxidation sites excluding steroid dienone is 1. The van der Waals surface area contributed by atoms with Crippen LogP contribution in [0.1, 0.15) is 36.6 Å². The number of hydrogen-bond donors (Lipinski definition) is 0. The number of fused-ring (bicyclic) bond motifs is 1. The minimum absolute atomic E-state index is 0.161. The minimum atomic E-state index is -0.828. The molecular weight excluding hydrogens is 595 g/mol. The number of aromatic nitrogens is 1. The molecule has 4 aromatic rings. The molecule has 1 atom stereocenters. The summed E-state index contributed by atoms with van der Waals surface area (Å²) in [5, 5.41) is 0.455. The third-order valence-corrected chi connectivity index (χ3v) is 8.02. The standard InChI is InChI=1S/C32H28ClFN2O6S/c1-5-41-31(38)28-18(2)35-32-36(29(28)20-8-12-25(39-3)26(15-20)40-4)30(37)27(43-32)16-21-14-22(33)9-13-24(21)42-17-19-6-10-23(34)11-7-19/h6-16,29H,5,17H2,1-4H3/b27-16-. The fraction of sp³-hybridized carbons (Fsp3) is 0.219. The molecule has 0 aliphatic carbocycles. The van der Waals surface area contributed by atoms with Crippen LogP contribution in [0.25, 0.3) is 6.08 Å². The summed E-state index contributed by atoms with van der Waals surface area (Å²) in [6.45, 7) is 3.78. The van der Waals surface area contributed by atoms with Crippen LogP contribution in [0, 0.1) is 5.82 Å². The van der Waals surface area contributed by atoms with Crippen LogP contribution in [0.5, 0.6) is 17.2 Å². The summed E-state index contributed by atoms with van der Waals surface area (Å²) < 4.78 is 37.5. The lowest BCUT2D eigenvalue weighted by Gasteiger charge is -2.25. The lowest BCUT2D eigenvalue weighted by molar-refractivity contribution is -0.139. The minimum Gasteiger partial charge on any atom is -0.493 e. The highest BCUT2D eigenvalue weighted by molar-refractivity contribution is 7.07. The van der Waals surface area contributed by atoms with Gasteiger partial charge in [0.2, 0.25) is 0 Å². The molecular formula is C32H28ClFN2O6S. The molecule has 1 aliphatic heterocycles. The van der Waals surface area contributed by atoms with E-state index in [1.807, 2.05) is 0 Å². The lowest BCUT2D eigenvalue weighted by Crippen LogP contribution is -2.40. The first-order chi connectivity index (χ1) is 20.7. The summed E-state index contributed by atoms with van der Waals surface area (Å²) in [7, 11) is 3.04. The maximum Gasteiger partial charge on any atom is 0.338 e. The predicted molar refractivity (Wildman–Crippen MR) is 162 cm³/mol. The quantitative estimate of drug-likeness (QED) is 0.239. The molecule has 5 rings (SSSR count). The van der Waals surface area contributed by atoms with Crippen LogP contribution in [0.2, 0.25) is 5.02 Å². The largest absolute Gasteiger partial charge is 0.493 e. The van der Waals surface area contributed by atoms with Crippen molar-refractivity contribution in [1.82, 2.24) is 4.57 Å². The zero-order valence-corrected chi connectivity index (χ0v) is 25.4. The first kappa shape index (κ1) is 30.1. The van der Waals surface area contributed by atoms with Crippen molar-refractivity contribution in [2.45, 2.75) is 26.5 Å². The number of hydrogen-bond acceptors (Lipinski definition) is 8. The van der Waals surface area contributed by atoms with Crippen LogP contribution in [0.3, 0.4) is 0 Å². The topological polar surface area (TPSA) is 88.4 Å². The van der Waals surface area contributed by atoms with Gasteiger partial charge in [-0.1, -0.05) is 41.1 Å². The second-order valence-electron chi connectivity index (χ2n) is 9.51. The number of methoxy groups -OCH3 is 2. The van der Waals surface area contributed by atoms with E-state index in [0.717, 1.165) is 5.56 Å². The number of carbonyl (C=O) groups excluding carboxylic acids is 1. The summed E-state index contributed by atoms with van der Waals surface area (Å²) in [6.07, 6.45) is 1.69. The second kappa shape index (κ2) is 12.8. The van der Waals surface area contributed by atoms with Crippen LogP contribution >= 0.6 is 22.9 Å². The molecule has 0 bridgehead atoms. The number of halogens is 2. The molecule has 2 heterocycles. The molecule has 0 N–H and O–H groups in total. The number of benzene rings is 3. The Kier molecular flexibility index (Phi) is 8.98. The molecule has 1 aromatic heterocycles. The van der Waals surface area contributed by atoms with Gasteiger partial charge in [-0.05, 0) is 73.5 Å². The highest BCUT2D eigenvalue weighted by atomic mass is 35.5. The van der Waals surface area contributed by atoms with E-state index < -0.39 is 12.0 Å². The summed E-state index contributed by atoms with van der Waals surface area (Å²) in [6, 6.07) is 15.5. The first-order valence-electron chi connectivity index (χ1n) is 13.3. The van der Waals surface area contributed by atoms with Gasteiger partial charge in [0.25, 0.3) is 5.56 Å². The zero-order chi connectivity index (χ0) is 30.7. The van der Waals surface area contributed by atoms with Gasteiger partial charge in [-0.2, -0.15) is 0 Å². The number of rotatable bonds is 9. The van der Waals surface area contributed by atoms with Crippen LogP contribution in [-0.2, 0) is 16.1 Å². The van der Waals surface area contributed by atoms with Crippen molar-refractivity contribution in [2.75, 3.05) is 20.8 Å². The predicted octanol–water partition coefficient (Wildman–Crippen LogP) is 5.19. The van der Waals surface area contributed by atoms with E-state index in [1.54, 1.807) is 68.5 Å². The number of ether oxygens (including phenoxy) is 4. The van der Waals surface area contributed by atoms with Gasteiger partial charge >= 0.3 is 5.97 Å². The number of thiazole rings is 1. The highest BCUT2D eigenvalue weighted by Gasteiger charge is 2.34. The van der Waals surface area contributed by atoms with E-state index in [4.69, 9.17) is 30.5 Å². The average Bonchev–Trinajstić information content (AvgIpc) is 3.30. The molecule has 1 unspecified atom stereocenters. The molecule has 8 nitrogen and oxygen atoms in total. The summed E-state index contributed by atoms with van der Waals surface area (Å²) in [5.74, 6) is 0.538. The van der Waals surface area contributed by atoms with E-state index in [-0.39, 0.29) is 30.2 Å². The molecule has 0 saturated heterocycles. The van der Waals surface area contributed by atoms with Crippen LogP contribution in [0.4, 0.5) is 4.39 Å². The van der Waals surface area contributed by atoms with Gasteiger partial charge in [0.15, 0.2) is 16.3 Å². The van der Waals surface area contributed by atoms with Crippen molar-refractivity contribution in [3.63, 3.8) is 0 Å². The van der Waals surface area contributed by atoms with Crippen LogP contribution in [-0.4, -0.2) is 31.4 Å². The van der Waals surface area contributed by atoms with E-state index in [1.165, 1.54) is 42.3 Å². The molecule has 11 heteroatoms. The van der Waals surface area contributed by atoms with E-state index in [9.17, 15) is 14.0 Å². The van der Waals surface area contributed by atoms with Gasteiger partial charge in [0.1, 0.15) is 18.2 Å². The molecule has 43 heavy (non-hydrogen) atoms. The highest BCUT2D eigenvalue weighted by Crippen LogP contribution is 2.36. The maximum atomic E-state index is 14.1. The fourth-order valence-corrected chi connectivity index (χ4v) is 5.99. The van der Waals surface area contributed by atoms with E-state index in [2.05, 4.69) is 4.99 Å². The molecule has 222 valence electrons. The first-order valence-corrected chi connectivity index (χ1v) is 14.5. The number of nitrogens with zero attached hydrogens (tertiary/aromatic N) is 2. The van der Waals surface area contributed by atoms with Crippen molar-refractivity contribution in [3.05, 3.63) is 119 Å². The monoisotopic (exact) mass is 622 g/mol. The molecule has 0 amide bonds. The molecule has 0 saturated carbocycles. The Bertz CT molecular complexity index is 1900. The molecule has 0 fully saturated rings. The van der Waals surface area contributed by atoms with Gasteiger partial charge < -0.3 is 18.9 Å². The zero-order valence-electron chi connectivity index (χ0n) is 23.9. The van der Waals surface area contributed by atoms with Gasteiger partial charge in [0.05, 0.1) is 42.7 Å². The Labute approximate surface area is 255 Å². The van der Waals surface area contributed by atoms with Gasteiger partial charge in [-0.15, -0.1) is 0 Å². The fourth-order valence-electron chi connectivity index (χ4n) is 4.78. The van der Waals surface area contributed by atoms with Gasteiger partial charge in [-0.3, -0.25) is 9.36 Å². The smallest absolute Gasteiger partial charge is 0.338 e. The molecule has 3 aromatic carbocycles. The Hall–Kier alpha value is -4.41. The second-order valence-corrected chi connectivity index (χ2v) is 11.0. The van der Waals surface area contributed by atoms with Crippen molar-refractivity contribution in [2.24, 2.45) is 4.99 Å². The average molecular weight is 623 g/mol. The van der Waals surface area contributed by atoms with Crippen molar-refractivity contribution in [3.8, 4) is 17.2 Å². The summed E-state index contributed by atoms with van der Waals surface area (Å²) in [5.41, 5.74) is 2.30. The summed E-state index contributed by atoms with van der Waals surface area (Å²) in [4.78, 5) is 32.3. The van der Waals surface area contributed by atoms with Crippen molar-refractivity contribution < 1.29 is 28.1 Å². The van der Waals surface area contributed by atoms with Crippen LogP contribution < -0.4 is 29.1 Å². The number of carbonyl (C=O) groups is 1. The Balaban J connectivity index is 1.64.